The average molecular weight is 177 g/mol. The summed E-state index contributed by atoms with van der Waals surface area (Å²) in [7, 11) is 0. The number of aromatic nitrogens is 3. The number of imidazole rings is 1. The molecule has 0 aliphatic rings. The van der Waals surface area contributed by atoms with Gasteiger partial charge in [-0.3, -0.25) is 0 Å². The third-order valence-corrected chi connectivity index (χ3v) is 2.01. The van der Waals surface area contributed by atoms with E-state index in [1.165, 1.54) is 0 Å². The maximum atomic E-state index is 9.29. The molecule has 2 N–H and O–H groups in total. The molecule has 0 bridgehead atoms. The van der Waals surface area contributed by atoms with Crippen LogP contribution in [0.25, 0.3) is 11.2 Å². The number of rotatable bonds is 1. The van der Waals surface area contributed by atoms with Gasteiger partial charge in [-0.05, 0) is 25.5 Å². The molecule has 2 rings (SSSR count). The fourth-order valence-electron chi connectivity index (χ4n) is 1.25. The molecule has 4 heteroatoms. The van der Waals surface area contributed by atoms with Crippen LogP contribution in [-0.2, 0) is 0 Å². The van der Waals surface area contributed by atoms with E-state index in [1.54, 1.807) is 13.1 Å². The van der Waals surface area contributed by atoms with Crippen LogP contribution < -0.4 is 0 Å². The van der Waals surface area contributed by atoms with E-state index >= 15 is 0 Å². The van der Waals surface area contributed by atoms with Crippen LogP contribution in [-0.4, -0.2) is 20.1 Å². The lowest BCUT2D eigenvalue weighted by Gasteiger charge is -1.95. The van der Waals surface area contributed by atoms with E-state index < -0.39 is 6.10 Å². The highest BCUT2D eigenvalue weighted by Gasteiger charge is 2.08. The summed E-state index contributed by atoms with van der Waals surface area (Å²) >= 11 is 0. The van der Waals surface area contributed by atoms with E-state index in [2.05, 4.69) is 15.0 Å². The number of nitrogens with zero attached hydrogens (tertiary/aromatic N) is 2. The van der Waals surface area contributed by atoms with Gasteiger partial charge in [-0.1, -0.05) is 0 Å². The van der Waals surface area contributed by atoms with Gasteiger partial charge in [-0.2, -0.15) is 0 Å². The monoisotopic (exact) mass is 177 g/mol. The minimum absolute atomic E-state index is 0.566. The van der Waals surface area contributed by atoms with Gasteiger partial charge in [0.15, 0.2) is 5.65 Å². The fraction of sp³-hybridized carbons (Fsp3) is 0.333. The van der Waals surface area contributed by atoms with Gasteiger partial charge in [0.2, 0.25) is 0 Å². The molecular formula is C9H11N3O. The van der Waals surface area contributed by atoms with Gasteiger partial charge in [-0.15, -0.1) is 0 Å². The summed E-state index contributed by atoms with van der Waals surface area (Å²) in [6, 6.07) is 1.91. The number of fused-ring (bicyclic) bond motifs is 1. The lowest BCUT2D eigenvalue weighted by atomic mass is 10.3. The number of nitrogens with one attached hydrogen (secondary N) is 1. The standard InChI is InChI=1S/C9H11N3O/c1-5-3-4-10-9-7(5)11-8(12-9)6(2)13/h3-4,6,13H,1-2H3,(H,10,11,12). The van der Waals surface area contributed by atoms with Crippen LogP contribution in [0, 0.1) is 6.92 Å². The first-order valence-corrected chi connectivity index (χ1v) is 4.18. The Bertz CT molecular complexity index is 433. The van der Waals surface area contributed by atoms with Crippen LogP contribution in [0.5, 0.6) is 0 Å². The molecule has 2 heterocycles. The molecule has 0 saturated heterocycles. The number of aromatic amines is 1. The maximum absolute atomic E-state index is 9.29. The molecule has 1 unspecified atom stereocenters. The van der Waals surface area contributed by atoms with E-state index in [0.717, 1.165) is 11.1 Å². The minimum atomic E-state index is -0.575. The molecule has 0 fully saturated rings. The van der Waals surface area contributed by atoms with Crippen molar-refractivity contribution in [1.29, 1.82) is 0 Å². The molecule has 1 atom stereocenters. The minimum Gasteiger partial charge on any atom is -0.385 e. The highest BCUT2D eigenvalue weighted by Crippen LogP contribution is 2.16. The van der Waals surface area contributed by atoms with E-state index in [-0.39, 0.29) is 0 Å². The third-order valence-electron chi connectivity index (χ3n) is 2.01. The number of hydrogen-bond acceptors (Lipinski definition) is 3. The van der Waals surface area contributed by atoms with Crippen molar-refractivity contribution in [3.05, 3.63) is 23.7 Å². The van der Waals surface area contributed by atoms with Crippen LogP contribution in [0.4, 0.5) is 0 Å². The highest BCUT2D eigenvalue weighted by molar-refractivity contribution is 5.74. The quantitative estimate of drug-likeness (QED) is 0.690. The molecular weight excluding hydrogens is 166 g/mol. The Balaban J connectivity index is 2.68. The van der Waals surface area contributed by atoms with Crippen LogP contribution in [0.2, 0.25) is 0 Å². The molecule has 2 aromatic heterocycles. The number of aliphatic hydroxyl groups excluding tert-OH is 1. The Morgan fingerprint density at radius 2 is 2.31 bits per heavy atom. The summed E-state index contributed by atoms with van der Waals surface area (Å²) in [6.45, 7) is 3.65. The largest absolute Gasteiger partial charge is 0.385 e. The molecule has 2 aromatic rings. The lowest BCUT2D eigenvalue weighted by molar-refractivity contribution is 0.190. The number of aliphatic hydroxyl groups is 1. The van der Waals surface area contributed by atoms with Crippen LogP contribution in [0.15, 0.2) is 12.3 Å². The lowest BCUT2D eigenvalue weighted by Crippen LogP contribution is -1.92. The van der Waals surface area contributed by atoms with Gasteiger partial charge in [-0.25, -0.2) is 9.97 Å². The Kier molecular flexibility index (Phi) is 1.77. The van der Waals surface area contributed by atoms with Crippen molar-refractivity contribution in [2.24, 2.45) is 0 Å². The zero-order valence-corrected chi connectivity index (χ0v) is 7.57. The third kappa shape index (κ3) is 1.29. The first kappa shape index (κ1) is 8.19. The average Bonchev–Trinajstić information content (AvgIpc) is 2.49. The number of pyridine rings is 1. The first-order valence-electron chi connectivity index (χ1n) is 4.18. The zero-order valence-electron chi connectivity index (χ0n) is 7.57. The molecule has 0 saturated carbocycles. The molecule has 68 valence electrons. The second-order valence-electron chi connectivity index (χ2n) is 3.12. The van der Waals surface area contributed by atoms with Crippen molar-refractivity contribution in [2.75, 3.05) is 0 Å². The van der Waals surface area contributed by atoms with Gasteiger partial charge in [0.1, 0.15) is 11.9 Å². The van der Waals surface area contributed by atoms with E-state index in [4.69, 9.17) is 0 Å². The Hall–Kier alpha value is -1.42. The van der Waals surface area contributed by atoms with Crippen molar-refractivity contribution in [3.8, 4) is 0 Å². The Morgan fingerprint density at radius 1 is 1.54 bits per heavy atom. The zero-order chi connectivity index (χ0) is 9.42. The molecule has 0 aliphatic heterocycles. The van der Waals surface area contributed by atoms with Crippen molar-refractivity contribution in [1.82, 2.24) is 15.0 Å². The Labute approximate surface area is 75.7 Å². The summed E-state index contributed by atoms with van der Waals surface area (Å²) in [5.41, 5.74) is 2.65. The van der Waals surface area contributed by atoms with Crippen molar-refractivity contribution < 1.29 is 5.11 Å². The molecule has 13 heavy (non-hydrogen) atoms. The van der Waals surface area contributed by atoms with Crippen LogP contribution in [0.3, 0.4) is 0 Å². The fourth-order valence-corrected chi connectivity index (χ4v) is 1.25. The summed E-state index contributed by atoms with van der Waals surface area (Å²) in [5.74, 6) is 0.566. The number of hydrogen-bond donors (Lipinski definition) is 2. The molecule has 0 radical (unpaired) electrons. The predicted octanol–water partition coefficient (Wildman–Crippen LogP) is 1.32. The molecule has 4 nitrogen and oxygen atoms in total. The van der Waals surface area contributed by atoms with Gasteiger partial charge in [0, 0.05) is 6.20 Å². The summed E-state index contributed by atoms with van der Waals surface area (Å²) in [4.78, 5) is 11.3. The van der Waals surface area contributed by atoms with E-state index in [1.807, 2.05) is 13.0 Å². The summed E-state index contributed by atoms with van der Waals surface area (Å²) in [6.07, 6.45) is 1.14. The molecule has 0 amide bonds. The second-order valence-corrected chi connectivity index (χ2v) is 3.12. The Morgan fingerprint density at radius 3 is 2.92 bits per heavy atom. The number of H-pyrrole nitrogens is 1. The van der Waals surface area contributed by atoms with Crippen LogP contribution >= 0.6 is 0 Å². The number of aryl methyl sites for hydroxylation is 1. The highest BCUT2D eigenvalue weighted by atomic mass is 16.3. The topological polar surface area (TPSA) is 61.8 Å². The molecule has 0 aromatic carbocycles. The van der Waals surface area contributed by atoms with Crippen molar-refractivity contribution >= 4 is 11.2 Å². The van der Waals surface area contributed by atoms with E-state index in [9.17, 15) is 5.11 Å². The van der Waals surface area contributed by atoms with Crippen molar-refractivity contribution in [3.63, 3.8) is 0 Å². The first-order chi connectivity index (χ1) is 6.18. The summed E-state index contributed by atoms with van der Waals surface area (Å²) < 4.78 is 0. The normalized spacial score (nSPS) is 13.5. The maximum Gasteiger partial charge on any atom is 0.178 e. The van der Waals surface area contributed by atoms with Gasteiger partial charge >= 0.3 is 0 Å². The van der Waals surface area contributed by atoms with Crippen molar-refractivity contribution in [2.45, 2.75) is 20.0 Å². The SMILES string of the molecule is Cc1ccnc2nc(C(C)O)[nH]c12. The second kappa shape index (κ2) is 2.81. The molecule has 0 spiro atoms. The van der Waals surface area contributed by atoms with Gasteiger partial charge < -0.3 is 10.1 Å². The predicted molar refractivity (Wildman–Crippen MR) is 49.3 cm³/mol. The smallest absolute Gasteiger partial charge is 0.178 e. The van der Waals surface area contributed by atoms with Gasteiger partial charge in [0.05, 0.1) is 5.52 Å². The van der Waals surface area contributed by atoms with E-state index in [0.29, 0.717) is 11.5 Å². The summed E-state index contributed by atoms with van der Waals surface area (Å²) in [5, 5.41) is 9.29. The molecule has 0 aliphatic carbocycles. The van der Waals surface area contributed by atoms with Crippen LogP contribution in [0.1, 0.15) is 24.4 Å². The van der Waals surface area contributed by atoms with Gasteiger partial charge in [0.25, 0.3) is 0 Å².